The Balaban J connectivity index is 1.30. The molecule has 3 N–H and O–H groups in total. The van der Waals surface area contributed by atoms with E-state index >= 15 is 0 Å². The molecule has 8 nitrogen and oxygen atoms in total. The van der Waals surface area contributed by atoms with E-state index in [2.05, 4.69) is 24.8 Å². The number of aliphatic hydroxyl groups is 1. The smallest absolute Gasteiger partial charge is 0.225 e. The summed E-state index contributed by atoms with van der Waals surface area (Å²) in [6, 6.07) is 0. The molecule has 0 aromatic carbocycles. The zero-order chi connectivity index (χ0) is 20.9. The fraction of sp³-hybridized carbons (Fsp3) is 0.600. The number of piperidine rings is 1. The minimum Gasteiger partial charge on any atom is -0.370 e. The van der Waals surface area contributed by atoms with Crippen LogP contribution in [0.5, 0.6) is 0 Å². The van der Waals surface area contributed by atoms with E-state index in [1.807, 2.05) is 0 Å². The van der Waals surface area contributed by atoms with Crippen LogP contribution < -0.4 is 10.6 Å². The van der Waals surface area contributed by atoms with Crippen molar-refractivity contribution >= 4 is 28.3 Å². The summed E-state index contributed by atoms with van der Waals surface area (Å²) >= 11 is 5.89. The molecule has 2 aliphatic heterocycles. The Morgan fingerprint density at radius 3 is 2.53 bits per heavy atom. The first-order valence-electron chi connectivity index (χ1n) is 10.4. The number of nitrogens with two attached hydrogens (primary N) is 1. The summed E-state index contributed by atoms with van der Waals surface area (Å²) in [6.07, 6.45) is 9.22. The van der Waals surface area contributed by atoms with Gasteiger partial charge in [0, 0.05) is 31.2 Å². The van der Waals surface area contributed by atoms with Crippen LogP contribution in [0.1, 0.15) is 37.1 Å². The molecule has 1 saturated heterocycles. The Bertz CT molecular complexity index is 964. The summed E-state index contributed by atoms with van der Waals surface area (Å²) in [5.74, 6) is 1.95. The summed E-state index contributed by atoms with van der Waals surface area (Å²) < 4.78 is 12.5. The van der Waals surface area contributed by atoms with Crippen molar-refractivity contribution in [2.75, 3.05) is 23.7 Å². The number of halogens is 1. The van der Waals surface area contributed by atoms with E-state index in [0.29, 0.717) is 45.6 Å². The van der Waals surface area contributed by atoms with Crippen molar-refractivity contribution in [3.63, 3.8) is 0 Å². The van der Waals surface area contributed by atoms with Gasteiger partial charge in [-0.25, -0.2) is 19.9 Å². The molecule has 0 amide bonds. The van der Waals surface area contributed by atoms with Gasteiger partial charge in [0.25, 0.3) is 0 Å². The van der Waals surface area contributed by atoms with Gasteiger partial charge in [-0.3, -0.25) is 9.94 Å². The highest BCUT2D eigenvalue weighted by Gasteiger charge is 2.51. The van der Waals surface area contributed by atoms with E-state index in [0.717, 1.165) is 44.5 Å². The Kier molecular flexibility index (Phi) is 5.25. The Morgan fingerprint density at radius 2 is 1.87 bits per heavy atom. The first kappa shape index (κ1) is 20.2. The van der Waals surface area contributed by atoms with Crippen LogP contribution in [0.2, 0.25) is 5.02 Å². The maximum Gasteiger partial charge on any atom is 0.225 e. The van der Waals surface area contributed by atoms with Crippen LogP contribution in [0.3, 0.4) is 0 Å². The molecule has 1 saturated carbocycles. The Hall–Kier alpha value is -1.68. The summed E-state index contributed by atoms with van der Waals surface area (Å²) in [5, 5.41) is 11.9. The summed E-state index contributed by atoms with van der Waals surface area (Å²) in [6.45, 7) is 1.73. The lowest BCUT2D eigenvalue weighted by molar-refractivity contribution is -0.108. The number of hydrogen-bond acceptors (Lipinski definition) is 8. The molecule has 3 aliphatic rings. The molecule has 3 unspecified atom stereocenters. The predicted molar refractivity (Wildman–Crippen MR) is 113 cm³/mol. The molecular formula is C20H25ClN6O2S. The second-order valence-corrected chi connectivity index (χ2v) is 10.4. The number of nitrogens with zero attached hydrogens (tertiary/aromatic N) is 5. The second kappa shape index (κ2) is 7.78. The summed E-state index contributed by atoms with van der Waals surface area (Å²) in [4.78, 5) is 19.9. The van der Waals surface area contributed by atoms with Gasteiger partial charge in [0.05, 0.1) is 38.8 Å². The SMILES string of the molecule is N[C@](O)(c1ncnc2c1S(=O)CC2)C1CCC1C1CCN(c2ncc(Cl)cn2)CC1. The van der Waals surface area contributed by atoms with E-state index in [1.165, 1.54) is 6.33 Å². The lowest BCUT2D eigenvalue weighted by atomic mass is 9.60. The third kappa shape index (κ3) is 3.41. The third-order valence-corrected chi connectivity index (χ3v) is 8.59. The van der Waals surface area contributed by atoms with Gasteiger partial charge in [-0.05, 0) is 37.5 Å². The van der Waals surface area contributed by atoms with Crippen molar-refractivity contribution in [2.24, 2.45) is 23.5 Å². The van der Waals surface area contributed by atoms with Crippen molar-refractivity contribution in [1.82, 2.24) is 19.9 Å². The fourth-order valence-corrected chi connectivity index (χ4v) is 6.74. The molecule has 0 radical (unpaired) electrons. The molecule has 2 aromatic rings. The molecule has 0 bridgehead atoms. The van der Waals surface area contributed by atoms with Crippen LogP contribution in [0.15, 0.2) is 23.6 Å². The fourth-order valence-electron chi connectivity index (χ4n) is 5.21. The van der Waals surface area contributed by atoms with E-state index in [-0.39, 0.29) is 5.92 Å². The van der Waals surface area contributed by atoms with E-state index in [1.54, 1.807) is 12.4 Å². The highest BCUT2D eigenvalue weighted by Crippen LogP contribution is 2.50. The minimum absolute atomic E-state index is 0.0857. The largest absolute Gasteiger partial charge is 0.370 e. The van der Waals surface area contributed by atoms with Crippen LogP contribution in [0, 0.1) is 17.8 Å². The number of rotatable bonds is 4. The first-order chi connectivity index (χ1) is 14.4. The molecule has 4 heterocycles. The molecule has 30 heavy (non-hydrogen) atoms. The van der Waals surface area contributed by atoms with Crippen LogP contribution in [0.4, 0.5) is 5.95 Å². The average Bonchev–Trinajstić information content (AvgIpc) is 3.09. The van der Waals surface area contributed by atoms with Gasteiger partial charge in [0.15, 0.2) is 5.72 Å². The molecule has 1 aliphatic carbocycles. The quantitative estimate of drug-likeness (QED) is 0.677. The molecule has 160 valence electrons. The van der Waals surface area contributed by atoms with Crippen molar-refractivity contribution < 1.29 is 9.32 Å². The van der Waals surface area contributed by atoms with Crippen molar-refractivity contribution in [2.45, 2.75) is 42.7 Å². The van der Waals surface area contributed by atoms with Gasteiger partial charge in [-0.2, -0.15) is 0 Å². The predicted octanol–water partition coefficient (Wildman–Crippen LogP) is 1.63. The van der Waals surface area contributed by atoms with E-state index < -0.39 is 16.5 Å². The van der Waals surface area contributed by atoms with Gasteiger partial charge in [-0.15, -0.1) is 0 Å². The van der Waals surface area contributed by atoms with Gasteiger partial charge in [-0.1, -0.05) is 11.6 Å². The zero-order valence-electron chi connectivity index (χ0n) is 16.6. The number of hydrogen-bond donors (Lipinski definition) is 2. The van der Waals surface area contributed by atoms with Crippen LogP contribution in [0.25, 0.3) is 0 Å². The molecule has 4 atom stereocenters. The second-order valence-electron chi connectivity index (χ2n) is 8.50. The standard InChI is InChI=1S/C20H25ClN6O2S/c21-13-9-23-19(24-10-13)27-6-3-12(4-7-27)14-1-2-15(14)20(22,28)18-17-16(25-11-26-18)5-8-30(17)29/h9-12,14-15,28H,1-8,22H2/t14?,15?,20-,30?/m1/s1. The van der Waals surface area contributed by atoms with Gasteiger partial charge < -0.3 is 10.0 Å². The summed E-state index contributed by atoms with van der Waals surface area (Å²) in [7, 11) is -1.19. The van der Waals surface area contributed by atoms with E-state index in [9.17, 15) is 9.32 Å². The zero-order valence-corrected chi connectivity index (χ0v) is 18.1. The third-order valence-electron chi connectivity index (χ3n) is 6.94. The topological polar surface area (TPSA) is 118 Å². The number of anilines is 1. The maximum absolute atomic E-state index is 12.5. The average molecular weight is 449 g/mol. The molecule has 2 fully saturated rings. The van der Waals surface area contributed by atoms with Crippen molar-refractivity contribution in [1.29, 1.82) is 0 Å². The Morgan fingerprint density at radius 1 is 1.13 bits per heavy atom. The number of aromatic nitrogens is 4. The highest BCUT2D eigenvalue weighted by molar-refractivity contribution is 7.85. The van der Waals surface area contributed by atoms with Gasteiger partial charge in [0.2, 0.25) is 5.95 Å². The summed E-state index contributed by atoms with van der Waals surface area (Å²) in [5.41, 5.74) is 6.04. The Labute approximate surface area is 182 Å². The maximum atomic E-state index is 12.5. The normalized spacial score (nSPS) is 28.6. The highest BCUT2D eigenvalue weighted by atomic mass is 35.5. The van der Waals surface area contributed by atoms with Crippen LogP contribution in [-0.4, -0.2) is 48.1 Å². The molecular weight excluding hydrogens is 424 g/mol. The molecule has 10 heteroatoms. The number of aryl methyl sites for hydroxylation is 1. The van der Waals surface area contributed by atoms with E-state index in [4.69, 9.17) is 17.3 Å². The number of fused-ring (bicyclic) bond motifs is 1. The monoisotopic (exact) mass is 448 g/mol. The van der Waals surface area contributed by atoms with Crippen molar-refractivity contribution in [3.8, 4) is 0 Å². The molecule has 5 rings (SSSR count). The van der Waals surface area contributed by atoms with Crippen molar-refractivity contribution in [3.05, 3.63) is 35.1 Å². The molecule has 2 aromatic heterocycles. The first-order valence-corrected chi connectivity index (χ1v) is 12.1. The lowest BCUT2D eigenvalue weighted by Gasteiger charge is -2.50. The van der Waals surface area contributed by atoms with Crippen LogP contribution >= 0.6 is 11.6 Å². The van der Waals surface area contributed by atoms with Gasteiger partial charge >= 0.3 is 0 Å². The lowest BCUT2D eigenvalue weighted by Crippen LogP contribution is -2.55. The molecule has 0 spiro atoms. The minimum atomic E-state index is -1.58. The van der Waals surface area contributed by atoms with Gasteiger partial charge in [0.1, 0.15) is 12.0 Å². The van der Waals surface area contributed by atoms with Crippen LogP contribution in [-0.2, 0) is 22.9 Å².